The Labute approximate surface area is 205 Å². The molecule has 2 aliphatic heterocycles. The van der Waals surface area contributed by atoms with E-state index in [0.717, 1.165) is 69.4 Å². The highest BCUT2D eigenvalue weighted by atomic mass is 32.2. The van der Waals surface area contributed by atoms with Gasteiger partial charge in [-0.05, 0) is 50.7 Å². The number of hydrogen-bond donors (Lipinski definition) is 0. The number of aromatic nitrogens is 1. The maximum absolute atomic E-state index is 13.4. The highest BCUT2D eigenvalue weighted by Crippen LogP contribution is 2.39. The van der Waals surface area contributed by atoms with E-state index in [2.05, 4.69) is 11.0 Å². The minimum Gasteiger partial charge on any atom is -0.357 e. The second-order valence-electron chi connectivity index (χ2n) is 9.20. The number of nitrogens with zero attached hydrogens (tertiary/aromatic N) is 4. The van der Waals surface area contributed by atoms with E-state index in [1.165, 1.54) is 24.6 Å². The van der Waals surface area contributed by atoms with Crippen molar-refractivity contribution in [2.75, 3.05) is 18.0 Å². The highest BCUT2D eigenvalue weighted by Gasteiger charge is 2.38. The maximum atomic E-state index is 13.4. The van der Waals surface area contributed by atoms with Gasteiger partial charge in [0.2, 0.25) is 0 Å². The Balaban J connectivity index is 1.87. The van der Waals surface area contributed by atoms with Crippen LogP contribution < -0.4 is 10.5 Å². The first-order valence-corrected chi connectivity index (χ1v) is 13.4. The number of thiocarbonyl (C=S) groups is 1. The summed E-state index contributed by atoms with van der Waals surface area (Å²) in [7, 11) is 0. The molecule has 3 heterocycles. The summed E-state index contributed by atoms with van der Waals surface area (Å²) in [5, 5.41) is 9.80. The Bertz CT molecular complexity index is 1070. The fourth-order valence-electron chi connectivity index (χ4n) is 5.29. The Morgan fingerprint density at radius 2 is 1.79 bits per heavy atom. The minimum absolute atomic E-state index is 0.0372. The Kier molecular flexibility index (Phi) is 7.60. The zero-order chi connectivity index (χ0) is 23.5. The molecule has 1 aromatic heterocycles. The van der Waals surface area contributed by atoms with Crippen molar-refractivity contribution in [2.45, 2.75) is 84.2 Å². The summed E-state index contributed by atoms with van der Waals surface area (Å²) in [5.41, 5.74) is 1.40. The molecular weight excluding hydrogens is 452 g/mol. The summed E-state index contributed by atoms with van der Waals surface area (Å²) in [5.74, 6) is 0.816. The third-order valence-electron chi connectivity index (χ3n) is 6.99. The summed E-state index contributed by atoms with van der Waals surface area (Å²) >= 11 is 6.95. The van der Waals surface area contributed by atoms with Crippen LogP contribution >= 0.6 is 24.0 Å². The van der Waals surface area contributed by atoms with Crippen LogP contribution in [0, 0.1) is 18.3 Å². The van der Waals surface area contributed by atoms with Gasteiger partial charge in [-0.1, -0.05) is 56.6 Å². The molecule has 6 nitrogen and oxygen atoms in total. The second kappa shape index (κ2) is 10.4. The molecule has 1 aromatic rings. The van der Waals surface area contributed by atoms with E-state index in [-0.39, 0.29) is 23.1 Å². The Hall–Kier alpha value is -2.11. The van der Waals surface area contributed by atoms with Crippen molar-refractivity contribution in [1.29, 1.82) is 5.26 Å². The summed E-state index contributed by atoms with van der Waals surface area (Å²) in [6.07, 6.45) is 11.5. The van der Waals surface area contributed by atoms with Gasteiger partial charge < -0.3 is 4.90 Å². The van der Waals surface area contributed by atoms with Crippen LogP contribution in [0.2, 0.25) is 0 Å². The van der Waals surface area contributed by atoms with Crippen LogP contribution in [0.3, 0.4) is 0 Å². The lowest BCUT2D eigenvalue weighted by Crippen LogP contribution is -2.36. The summed E-state index contributed by atoms with van der Waals surface area (Å²) in [6.45, 7) is 6.16. The van der Waals surface area contributed by atoms with Crippen LogP contribution in [-0.2, 0) is 11.3 Å². The molecular formula is C25H32N4O2S2. The topological polar surface area (TPSA) is 69.3 Å². The number of rotatable bonds is 5. The van der Waals surface area contributed by atoms with Crippen molar-refractivity contribution in [3.05, 3.63) is 31.9 Å². The van der Waals surface area contributed by atoms with E-state index in [1.807, 2.05) is 19.9 Å². The van der Waals surface area contributed by atoms with Crippen molar-refractivity contribution in [3.8, 4) is 6.07 Å². The molecule has 0 radical (unpaired) electrons. The first-order chi connectivity index (χ1) is 16.0. The van der Waals surface area contributed by atoms with Gasteiger partial charge in [-0.3, -0.25) is 19.1 Å². The summed E-state index contributed by atoms with van der Waals surface area (Å²) in [6, 6.07) is 2.33. The fourth-order valence-corrected chi connectivity index (χ4v) is 6.67. The van der Waals surface area contributed by atoms with Gasteiger partial charge in [0.05, 0.1) is 4.91 Å². The number of carbonyl (C=O) groups excluding carboxylic acids is 1. The van der Waals surface area contributed by atoms with Crippen LogP contribution in [-0.4, -0.2) is 38.8 Å². The smallest absolute Gasteiger partial charge is 0.270 e. The third kappa shape index (κ3) is 4.63. The lowest BCUT2D eigenvalue weighted by atomic mass is 10.0. The van der Waals surface area contributed by atoms with Crippen molar-refractivity contribution >= 4 is 46.1 Å². The van der Waals surface area contributed by atoms with Gasteiger partial charge in [0, 0.05) is 31.2 Å². The molecule has 1 aliphatic carbocycles. The minimum atomic E-state index is -0.230. The average molecular weight is 485 g/mol. The van der Waals surface area contributed by atoms with E-state index in [9.17, 15) is 14.9 Å². The predicted octanol–water partition coefficient (Wildman–Crippen LogP) is 4.96. The Morgan fingerprint density at radius 3 is 2.39 bits per heavy atom. The van der Waals surface area contributed by atoms with Gasteiger partial charge in [0.15, 0.2) is 0 Å². The van der Waals surface area contributed by atoms with Gasteiger partial charge in [-0.25, -0.2) is 0 Å². The van der Waals surface area contributed by atoms with Gasteiger partial charge in [0.25, 0.3) is 11.5 Å². The van der Waals surface area contributed by atoms with Crippen molar-refractivity contribution in [1.82, 2.24) is 9.47 Å². The van der Waals surface area contributed by atoms with E-state index in [1.54, 1.807) is 9.47 Å². The van der Waals surface area contributed by atoms with Crippen molar-refractivity contribution < 1.29 is 4.79 Å². The van der Waals surface area contributed by atoms with Crippen LogP contribution in [0.15, 0.2) is 9.70 Å². The van der Waals surface area contributed by atoms with Crippen LogP contribution in [0.25, 0.3) is 6.08 Å². The number of amides is 1. The van der Waals surface area contributed by atoms with E-state index in [4.69, 9.17) is 12.2 Å². The fraction of sp³-hybridized carbons (Fsp3) is 0.600. The normalized spacial score (nSPS) is 21.2. The largest absolute Gasteiger partial charge is 0.357 e. The van der Waals surface area contributed by atoms with Gasteiger partial charge >= 0.3 is 0 Å². The molecule has 2 saturated heterocycles. The van der Waals surface area contributed by atoms with Gasteiger partial charge in [-0.2, -0.15) is 5.26 Å². The average Bonchev–Trinajstić information content (AvgIpc) is 3.30. The SMILES string of the molecule is CCCn1c(N2CCCCCC2)c(/C=C2/SC(=S)N(C3CCCC3)C2=O)c(C)c(C#N)c1=O. The molecule has 4 rings (SSSR count). The number of carbonyl (C=O) groups is 1. The van der Waals surface area contributed by atoms with Crippen LogP contribution in [0.5, 0.6) is 0 Å². The number of hydrogen-bond acceptors (Lipinski definition) is 6. The molecule has 0 aromatic carbocycles. The van der Waals surface area contributed by atoms with Crippen molar-refractivity contribution in [2.24, 2.45) is 0 Å². The number of thioether (sulfide) groups is 1. The Morgan fingerprint density at radius 1 is 1.12 bits per heavy atom. The molecule has 1 saturated carbocycles. The molecule has 3 fully saturated rings. The maximum Gasteiger partial charge on any atom is 0.270 e. The molecule has 0 N–H and O–H groups in total. The quantitative estimate of drug-likeness (QED) is 0.434. The lowest BCUT2D eigenvalue weighted by Gasteiger charge is -2.29. The zero-order valence-corrected chi connectivity index (χ0v) is 21.2. The molecule has 8 heteroatoms. The first-order valence-electron chi connectivity index (χ1n) is 12.2. The lowest BCUT2D eigenvalue weighted by molar-refractivity contribution is -0.123. The predicted molar refractivity (Wildman–Crippen MR) is 138 cm³/mol. The monoisotopic (exact) mass is 484 g/mol. The number of nitriles is 1. The third-order valence-corrected chi connectivity index (χ3v) is 8.32. The molecule has 0 spiro atoms. The first kappa shape index (κ1) is 24.0. The molecule has 3 aliphatic rings. The van der Waals surface area contributed by atoms with Crippen LogP contribution in [0.4, 0.5) is 5.82 Å². The number of pyridine rings is 1. The highest BCUT2D eigenvalue weighted by molar-refractivity contribution is 8.26. The van der Waals surface area contributed by atoms with E-state index >= 15 is 0 Å². The summed E-state index contributed by atoms with van der Waals surface area (Å²) in [4.78, 5) is 31.4. The van der Waals surface area contributed by atoms with Gasteiger partial charge in [0.1, 0.15) is 21.8 Å². The van der Waals surface area contributed by atoms with Crippen molar-refractivity contribution in [3.63, 3.8) is 0 Å². The second-order valence-corrected chi connectivity index (χ2v) is 10.9. The zero-order valence-electron chi connectivity index (χ0n) is 19.6. The molecule has 176 valence electrons. The molecule has 0 bridgehead atoms. The van der Waals surface area contributed by atoms with Gasteiger partial charge in [-0.15, -0.1) is 0 Å². The number of anilines is 1. The molecule has 33 heavy (non-hydrogen) atoms. The molecule has 1 amide bonds. The standard InChI is InChI=1S/C25H32N4O2S2/c1-3-12-28-22(27-13-8-4-5-9-14-27)19(17(2)20(16-26)23(28)30)15-21-24(31)29(25(32)33-21)18-10-6-7-11-18/h15,18H,3-14H2,1-2H3/b21-15+. The van der Waals surface area contributed by atoms with E-state index < -0.39 is 0 Å². The van der Waals surface area contributed by atoms with Crippen LogP contribution in [0.1, 0.15) is 81.4 Å². The summed E-state index contributed by atoms with van der Waals surface area (Å²) < 4.78 is 2.38. The van der Waals surface area contributed by atoms with E-state index in [0.29, 0.717) is 21.3 Å². The molecule has 0 unspecified atom stereocenters. The molecule has 0 atom stereocenters.